The summed E-state index contributed by atoms with van der Waals surface area (Å²) in [4.78, 5) is 17.9. The molecular weight excluding hydrogens is 344 g/mol. The van der Waals surface area contributed by atoms with E-state index in [0.29, 0.717) is 10.6 Å². The van der Waals surface area contributed by atoms with Crippen LogP contribution in [0.2, 0.25) is 0 Å². The zero-order valence-electron chi connectivity index (χ0n) is 14.8. The Bertz CT molecular complexity index is 1110. The standard InChI is InChI=1S/C20H18N4OS/c1-12-4-6-14(7-5-12)16-8-9-26-18(16)20(25)22-15-10-17-13(2)23-24(3)19(17)21-11-15/h4-11H,1-3H3,(H,22,25). The molecule has 3 aromatic heterocycles. The van der Waals surface area contributed by atoms with Gasteiger partial charge in [0.15, 0.2) is 5.65 Å². The molecule has 0 aliphatic rings. The highest BCUT2D eigenvalue weighted by atomic mass is 32.1. The number of anilines is 1. The molecule has 4 rings (SSSR count). The van der Waals surface area contributed by atoms with Gasteiger partial charge in [0.2, 0.25) is 0 Å². The second-order valence-corrected chi connectivity index (χ2v) is 7.20. The van der Waals surface area contributed by atoms with Crippen molar-refractivity contribution in [2.75, 3.05) is 5.32 Å². The topological polar surface area (TPSA) is 59.8 Å². The fourth-order valence-electron chi connectivity index (χ4n) is 3.01. The Balaban J connectivity index is 1.64. The largest absolute Gasteiger partial charge is 0.320 e. The summed E-state index contributed by atoms with van der Waals surface area (Å²) in [6.45, 7) is 3.99. The molecule has 130 valence electrons. The van der Waals surface area contributed by atoms with Crippen LogP contribution in [0.25, 0.3) is 22.2 Å². The van der Waals surface area contributed by atoms with Gasteiger partial charge in [0, 0.05) is 18.0 Å². The lowest BCUT2D eigenvalue weighted by molar-refractivity contribution is 0.103. The molecule has 1 aromatic carbocycles. The van der Waals surface area contributed by atoms with E-state index in [1.165, 1.54) is 16.9 Å². The number of hydrogen-bond acceptors (Lipinski definition) is 4. The third kappa shape index (κ3) is 2.88. The Morgan fingerprint density at radius 2 is 1.92 bits per heavy atom. The van der Waals surface area contributed by atoms with Crippen molar-refractivity contribution in [3.8, 4) is 11.1 Å². The van der Waals surface area contributed by atoms with Gasteiger partial charge in [-0.25, -0.2) is 4.98 Å². The number of nitrogens with one attached hydrogen (secondary N) is 1. The summed E-state index contributed by atoms with van der Waals surface area (Å²) in [6.07, 6.45) is 1.67. The maximum Gasteiger partial charge on any atom is 0.266 e. The van der Waals surface area contributed by atoms with Gasteiger partial charge >= 0.3 is 0 Å². The van der Waals surface area contributed by atoms with Crippen LogP contribution in [-0.4, -0.2) is 20.7 Å². The number of aryl methyl sites for hydroxylation is 3. The van der Waals surface area contributed by atoms with E-state index in [-0.39, 0.29) is 5.91 Å². The molecule has 0 bridgehead atoms. The summed E-state index contributed by atoms with van der Waals surface area (Å²) in [5.41, 5.74) is 5.54. The molecule has 1 amide bonds. The number of pyridine rings is 1. The smallest absolute Gasteiger partial charge is 0.266 e. The van der Waals surface area contributed by atoms with Crippen LogP contribution in [0.1, 0.15) is 20.9 Å². The Hall–Kier alpha value is -2.99. The Labute approximate surface area is 155 Å². The Morgan fingerprint density at radius 1 is 1.15 bits per heavy atom. The van der Waals surface area contributed by atoms with Crippen LogP contribution in [0.4, 0.5) is 5.69 Å². The average molecular weight is 362 g/mol. The lowest BCUT2D eigenvalue weighted by Crippen LogP contribution is -2.11. The summed E-state index contributed by atoms with van der Waals surface area (Å²) >= 11 is 1.44. The lowest BCUT2D eigenvalue weighted by atomic mass is 10.0. The number of benzene rings is 1. The normalized spacial score (nSPS) is 11.0. The number of amides is 1. The van der Waals surface area contributed by atoms with Gasteiger partial charge < -0.3 is 5.32 Å². The molecule has 0 saturated heterocycles. The van der Waals surface area contributed by atoms with Gasteiger partial charge in [0.1, 0.15) is 0 Å². The molecule has 26 heavy (non-hydrogen) atoms. The van der Waals surface area contributed by atoms with Crippen LogP contribution in [0.5, 0.6) is 0 Å². The van der Waals surface area contributed by atoms with Crippen molar-refractivity contribution >= 4 is 34.0 Å². The number of hydrogen-bond donors (Lipinski definition) is 1. The van der Waals surface area contributed by atoms with Gasteiger partial charge in [-0.2, -0.15) is 5.10 Å². The van der Waals surface area contributed by atoms with Crippen LogP contribution in [0.3, 0.4) is 0 Å². The van der Waals surface area contributed by atoms with Crippen molar-refractivity contribution < 1.29 is 4.79 Å². The third-order valence-electron chi connectivity index (χ3n) is 4.35. The molecule has 3 heterocycles. The minimum atomic E-state index is -0.127. The average Bonchev–Trinajstić information content (AvgIpc) is 3.21. The van der Waals surface area contributed by atoms with E-state index in [4.69, 9.17) is 0 Å². The lowest BCUT2D eigenvalue weighted by Gasteiger charge is -2.07. The third-order valence-corrected chi connectivity index (χ3v) is 5.27. The fourth-order valence-corrected chi connectivity index (χ4v) is 3.82. The van der Waals surface area contributed by atoms with Gasteiger partial charge in [0.25, 0.3) is 5.91 Å². The minimum Gasteiger partial charge on any atom is -0.320 e. The van der Waals surface area contributed by atoms with Gasteiger partial charge in [-0.15, -0.1) is 11.3 Å². The zero-order valence-corrected chi connectivity index (χ0v) is 15.6. The van der Waals surface area contributed by atoms with E-state index in [0.717, 1.165) is 27.9 Å². The van der Waals surface area contributed by atoms with Crippen molar-refractivity contribution in [3.05, 3.63) is 64.1 Å². The van der Waals surface area contributed by atoms with E-state index in [2.05, 4.69) is 34.5 Å². The molecule has 0 unspecified atom stereocenters. The van der Waals surface area contributed by atoms with Crippen LogP contribution < -0.4 is 5.32 Å². The second-order valence-electron chi connectivity index (χ2n) is 6.29. The monoisotopic (exact) mass is 362 g/mol. The number of aromatic nitrogens is 3. The molecule has 0 spiro atoms. The maximum absolute atomic E-state index is 12.8. The van der Waals surface area contributed by atoms with Crippen molar-refractivity contribution in [1.29, 1.82) is 0 Å². The first-order valence-corrected chi connectivity index (χ1v) is 9.16. The van der Waals surface area contributed by atoms with E-state index in [1.54, 1.807) is 10.9 Å². The number of fused-ring (bicyclic) bond motifs is 1. The molecule has 0 fully saturated rings. The van der Waals surface area contributed by atoms with Crippen LogP contribution >= 0.6 is 11.3 Å². The van der Waals surface area contributed by atoms with Crippen molar-refractivity contribution in [2.24, 2.45) is 7.05 Å². The van der Waals surface area contributed by atoms with Gasteiger partial charge in [0.05, 0.1) is 22.5 Å². The van der Waals surface area contributed by atoms with E-state index >= 15 is 0 Å². The summed E-state index contributed by atoms with van der Waals surface area (Å²) in [5, 5.41) is 10.2. The van der Waals surface area contributed by atoms with Crippen LogP contribution in [-0.2, 0) is 7.05 Å². The summed E-state index contributed by atoms with van der Waals surface area (Å²) in [7, 11) is 1.86. The highest BCUT2D eigenvalue weighted by molar-refractivity contribution is 7.12. The van der Waals surface area contributed by atoms with E-state index in [1.807, 2.05) is 43.6 Å². The molecule has 0 aliphatic heterocycles. The minimum absolute atomic E-state index is 0.127. The molecule has 0 atom stereocenters. The quantitative estimate of drug-likeness (QED) is 0.581. The molecule has 4 aromatic rings. The molecule has 0 radical (unpaired) electrons. The molecular formula is C20H18N4OS. The Morgan fingerprint density at radius 3 is 2.69 bits per heavy atom. The number of carbonyl (C=O) groups excluding carboxylic acids is 1. The molecule has 0 aliphatic carbocycles. The number of thiophene rings is 1. The SMILES string of the molecule is Cc1ccc(-c2ccsc2C(=O)Nc2cnc3c(c2)c(C)nn3C)cc1. The van der Waals surface area contributed by atoms with Gasteiger partial charge in [-0.05, 0) is 36.9 Å². The van der Waals surface area contributed by atoms with E-state index in [9.17, 15) is 4.79 Å². The van der Waals surface area contributed by atoms with Gasteiger partial charge in [-0.3, -0.25) is 9.48 Å². The predicted octanol–water partition coefficient (Wildman–Crippen LogP) is 4.57. The number of rotatable bonds is 3. The highest BCUT2D eigenvalue weighted by Gasteiger charge is 2.16. The first-order chi connectivity index (χ1) is 12.5. The fraction of sp³-hybridized carbons (Fsp3) is 0.150. The van der Waals surface area contributed by atoms with E-state index < -0.39 is 0 Å². The second kappa shape index (κ2) is 6.38. The predicted molar refractivity (Wildman–Crippen MR) is 106 cm³/mol. The Kier molecular flexibility index (Phi) is 4.05. The maximum atomic E-state index is 12.8. The number of carbonyl (C=O) groups is 1. The summed E-state index contributed by atoms with van der Waals surface area (Å²) in [6, 6.07) is 12.1. The summed E-state index contributed by atoms with van der Waals surface area (Å²) < 4.78 is 1.74. The van der Waals surface area contributed by atoms with Crippen LogP contribution in [0.15, 0.2) is 48.0 Å². The number of nitrogens with zero attached hydrogens (tertiary/aromatic N) is 3. The first kappa shape index (κ1) is 16.5. The van der Waals surface area contributed by atoms with Crippen molar-refractivity contribution in [2.45, 2.75) is 13.8 Å². The zero-order chi connectivity index (χ0) is 18.3. The highest BCUT2D eigenvalue weighted by Crippen LogP contribution is 2.29. The molecule has 6 heteroatoms. The van der Waals surface area contributed by atoms with Gasteiger partial charge in [-0.1, -0.05) is 29.8 Å². The molecule has 5 nitrogen and oxygen atoms in total. The molecule has 0 saturated carbocycles. The van der Waals surface area contributed by atoms with Crippen LogP contribution in [0, 0.1) is 13.8 Å². The van der Waals surface area contributed by atoms with Crippen molar-refractivity contribution in [3.63, 3.8) is 0 Å². The first-order valence-electron chi connectivity index (χ1n) is 8.28. The molecule has 1 N–H and O–H groups in total. The summed E-state index contributed by atoms with van der Waals surface area (Å²) in [5.74, 6) is -0.127. The van der Waals surface area contributed by atoms with Crippen molar-refractivity contribution in [1.82, 2.24) is 14.8 Å².